The van der Waals surface area contributed by atoms with Gasteiger partial charge in [0.1, 0.15) is 6.61 Å². The number of aliphatic hydroxyl groups is 1. The number of para-hydroxylation sites is 2. The van der Waals surface area contributed by atoms with Gasteiger partial charge in [-0.3, -0.25) is 0 Å². The van der Waals surface area contributed by atoms with Crippen molar-refractivity contribution in [1.29, 1.82) is 0 Å². The second-order valence-corrected chi connectivity index (χ2v) is 5.75. The molecule has 3 rings (SSSR count). The third-order valence-electron chi connectivity index (χ3n) is 3.20. The largest absolute Gasteiger partial charge is 0.485 e. The van der Waals surface area contributed by atoms with Gasteiger partial charge < -0.3 is 19.1 Å². The summed E-state index contributed by atoms with van der Waals surface area (Å²) in [7, 11) is 1.92. The van der Waals surface area contributed by atoms with Gasteiger partial charge in [0.05, 0.1) is 0 Å². The van der Waals surface area contributed by atoms with Gasteiger partial charge >= 0.3 is 0 Å². The van der Waals surface area contributed by atoms with Gasteiger partial charge in [-0.25, -0.2) is 0 Å². The smallest absolute Gasteiger partial charge is 0.192 e. The van der Waals surface area contributed by atoms with E-state index in [0.717, 1.165) is 34.7 Å². The molecule has 1 aromatic heterocycles. The summed E-state index contributed by atoms with van der Waals surface area (Å²) in [5.41, 5.74) is 0. The molecular formula is C14H17N3O3S. The van der Waals surface area contributed by atoms with Crippen LogP contribution in [0.1, 0.15) is 18.3 Å². The first-order valence-electron chi connectivity index (χ1n) is 6.81. The molecule has 1 atom stereocenters. The Labute approximate surface area is 127 Å². The number of fused-ring (bicyclic) bond motifs is 1. The van der Waals surface area contributed by atoms with E-state index in [2.05, 4.69) is 10.2 Å². The number of thioether (sulfide) groups is 1. The Balaban J connectivity index is 1.73. The van der Waals surface area contributed by atoms with Crippen molar-refractivity contribution in [3.63, 3.8) is 0 Å². The van der Waals surface area contributed by atoms with Gasteiger partial charge in [-0.05, 0) is 18.6 Å². The molecule has 0 bridgehead atoms. The quantitative estimate of drug-likeness (QED) is 0.671. The van der Waals surface area contributed by atoms with Crippen molar-refractivity contribution >= 4 is 11.8 Å². The third kappa shape index (κ3) is 2.98. The molecule has 0 radical (unpaired) electrons. The number of nitrogens with zero attached hydrogens (tertiary/aromatic N) is 3. The molecule has 0 aliphatic carbocycles. The summed E-state index contributed by atoms with van der Waals surface area (Å²) < 4.78 is 13.6. The Morgan fingerprint density at radius 1 is 1.33 bits per heavy atom. The fraction of sp³-hybridized carbons (Fsp3) is 0.429. The first-order valence-corrected chi connectivity index (χ1v) is 7.79. The van der Waals surface area contributed by atoms with Crippen LogP contribution in [0.4, 0.5) is 0 Å². The van der Waals surface area contributed by atoms with E-state index in [4.69, 9.17) is 14.6 Å². The topological polar surface area (TPSA) is 69.4 Å². The average Bonchev–Trinajstić information content (AvgIpc) is 2.88. The zero-order chi connectivity index (χ0) is 14.7. The zero-order valence-electron chi connectivity index (χ0n) is 11.7. The van der Waals surface area contributed by atoms with Crippen LogP contribution in [0, 0.1) is 0 Å². The Kier molecular flexibility index (Phi) is 4.31. The Hall–Kier alpha value is -1.73. The molecule has 112 valence electrons. The van der Waals surface area contributed by atoms with E-state index in [1.807, 2.05) is 35.9 Å². The van der Waals surface area contributed by atoms with Gasteiger partial charge in [0.2, 0.25) is 0 Å². The van der Waals surface area contributed by atoms with Gasteiger partial charge in [-0.15, -0.1) is 10.2 Å². The lowest BCUT2D eigenvalue weighted by Crippen LogP contribution is -2.24. The molecule has 0 fully saturated rings. The Morgan fingerprint density at radius 2 is 2.14 bits per heavy atom. The monoisotopic (exact) mass is 307 g/mol. The van der Waals surface area contributed by atoms with Crippen LogP contribution in [-0.2, 0) is 7.05 Å². The molecule has 0 saturated carbocycles. The maximum absolute atomic E-state index is 8.82. The van der Waals surface area contributed by atoms with E-state index in [1.54, 1.807) is 11.8 Å². The maximum atomic E-state index is 8.82. The van der Waals surface area contributed by atoms with Crippen LogP contribution in [0.25, 0.3) is 0 Å². The molecule has 1 aliphatic rings. The van der Waals surface area contributed by atoms with Crippen LogP contribution in [-0.4, -0.2) is 38.8 Å². The van der Waals surface area contributed by atoms with Crippen molar-refractivity contribution in [3.8, 4) is 11.5 Å². The molecule has 0 amide bonds. The first kappa shape index (κ1) is 14.2. The first-order chi connectivity index (χ1) is 10.3. The summed E-state index contributed by atoms with van der Waals surface area (Å²) >= 11 is 1.58. The lowest BCUT2D eigenvalue weighted by atomic mass is 10.2. The third-order valence-corrected chi connectivity index (χ3v) is 4.31. The minimum atomic E-state index is -0.260. The van der Waals surface area contributed by atoms with Crippen LogP contribution in [0.3, 0.4) is 0 Å². The molecule has 7 heteroatoms. The molecule has 1 unspecified atom stereocenters. The highest BCUT2D eigenvalue weighted by Crippen LogP contribution is 2.35. The van der Waals surface area contributed by atoms with E-state index in [1.165, 1.54) is 0 Å². The van der Waals surface area contributed by atoms with E-state index in [0.29, 0.717) is 6.61 Å². The molecule has 6 nitrogen and oxygen atoms in total. The van der Waals surface area contributed by atoms with Crippen LogP contribution in [0.5, 0.6) is 11.5 Å². The maximum Gasteiger partial charge on any atom is 0.192 e. The minimum Gasteiger partial charge on any atom is -0.485 e. The summed E-state index contributed by atoms with van der Waals surface area (Å²) in [6.07, 6.45) is 0.480. The van der Waals surface area contributed by atoms with E-state index in [-0.39, 0.29) is 12.7 Å². The minimum absolute atomic E-state index is 0.189. The summed E-state index contributed by atoms with van der Waals surface area (Å²) in [5.74, 6) is 3.04. The van der Waals surface area contributed by atoms with E-state index < -0.39 is 0 Å². The van der Waals surface area contributed by atoms with Crippen molar-refractivity contribution in [2.75, 3.05) is 19.0 Å². The summed E-state index contributed by atoms with van der Waals surface area (Å²) in [6, 6.07) is 7.60. The summed E-state index contributed by atoms with van der Waals surface area (Å²) in [6.45, 7) is 0.609. The second kappa shape index (κ2) is 6.36. The fourth-order valence-corrected chi connectivity index (χ4v) is 2.95. The van der Waals surface area contributed by atoms with Crippen molar-refractivity contribution < 1.29 is 14.6 Å². The van der Waals surface area contributed by atoms with Gasteiger partial charge in [0.15, 0.2) is 28.6 Å². The molecule has 1 aliphatic heterocycles. The van der Waals surface area contributed by atoms with Crippen LogP contribution < -0.4 is 9.47 Å². The van der Waals surface area contributed by atoms with Crippen LogP contribution >= 0.6 is 11.8 Å². The normalized spacial score (nSPS) is 17.0. The van der Waals surface area contributed by atoms with Crippen LogP contribution in [0.2, 0.25) is 0 Å². The average molecular weight is 307 g/mol. The van der Waals surface area contributed by atoms with Gasteiger partial charge in [-0.1, -0.05) is 23.9 Å². The number of aromatic nitrogens is 3. The summed E-state index contributed by atoms with van der Waals surface area (Å²) in [5, 5.41) is 18.0. The fourth-order valence-electron chi connectivity index (χ4n) is 2.11. The van der Waals surface area contributed by atoms with Crippen molar-refractivity contribution in [3.05, 3.63) is 30.1 Å². The van der Waals surface area contributed by atoms with Crippen LogP contribution in [0.15, 0.2) is 29.4 Å². The number of hydrogen-bond acceptors (Lipinski definition) is 6. The molecule has 21 heavy (non-hydrogen) atoms. The van der Waals surface area contributed by atoms with Crippen molar-refractivity contribution in [2.24, 2.45) is 7.05 Å². The standard InChI is InChI=1S/C14H17N3O3S/c1-17-13(15-16-14(17)21-8-4-7-18)12-9-19-10-5-2-3-6-11(10)20-12/h2-3,5-6,12,18H,4,7-9H2,1H3. The highest BCUT2D eigenvalue weighted by Gasteiger charge is 2.27. The lowest BCUT2D eigenvalue weighted by Gasteiger charge is -2.25. The SMILES string of the molecule is Cn1c(SCCCO)nnc1C1COc2ccccc2O1. The molecule has 1 N–H and O–H groups in total. The summed E-state index contributed by atoms with van der Waals surface area (Å²) in [4.78, 5) is 0. The molecule has 1 aromatic carbocycles. The molecule has 0 spiro atoms. The number of benzene rings is 1. The number of rotatable bonds is 5. The van der Waals surface area contributed by atoms with Gasteiger partial charge in [-0.2, -0.15) is 0 Å². The Morgan fingerprint density at radius 3 is 2.95 bits per heavy atom. The number of ether oxygens (including phenoxy) is 2. The second-order valence-electron chi connectivity index (χ2n) is 4.69. The zero-order valence-corrected chi connectivity index (χ0v) is 12.5. The van der Waals surface area contributed by atoms with E-state index >= 15 is 0 Å². The Bertz CT molecular complexity index is 617. The molecule has 0 saturated heterocycles. The van der Waals surface area contributed by atoms with Gasteiger partial charge in [0, 0.05) is 19.4 Å². The predicted octanol–water partition coefficient (Wildman–Crippen LogP) is 1.80. The van der Waals surface area contributed by atoms with Gasteiger partial charge in [0.25, 0.3) is 0 Å². The van der Waals surface area contributed by atoms with E-state index in [9.17, 15) is 0 Å². The number of hydrogen-bond donors (Lipinski definition) is 1. The lowest BCUT2D eigenvalue weighted by molar-refractivity contribution is 0.0825. The molecule has 2 heterocycles. The highest BCUT2D eigenvalue weighted by molar-refractivity contribution is 7.99. The van der Waals surface area contributed by atoms with Crippen molar-refractivity contribution in [1.82, 2.24) is 14.8 Å². The number of aliphatic hydroxyl groups excluding tert-OH is 1. The predicted molar refractivity (Wildman–Crippen MR) is 78.7 cm³/mol. The molecular weight excluding hydrogens is 290 g/mol. The van der Waals surface area contributed by atoms with Crippen molar-refractivity contribution in [2.45, 2.75) is 17.7 Å². The molecule has 2 aromatic rings. The highest BCUT2D eigenvalue weighted by atomic mass is 32.2.